The van der Waals surface area contributed by atoms with Crippen LogP contribution in [-0.4, -0.2) is 28.2 Å². The van der Waals surface area contributed by atoms with E-state index in [1.165, 1.54) is 4.57 Å². The van der Waals surface area contributed by atoms with Gasteiger partial charge < -0.3 is 0 Å². The van der Waals surface area contributed by atoms with Crippen molar-refractivity contribution in [1.82, 2.24) is 19.7 Å². The number of aryl methyl sites for hydroxylation is 1. The smallest absolute Gasteiger partial charge is 0.273 e. The number of rotatable bonds is 4. The van der Waals surface area contributed by atoms with E-state index < -0.39 is 10.0 Å². The van der Waals surface area contributed by atoms with Gasteiger partial charge in [-0.25, -0.2) is 13.6 Å². The third-order valence-corrected chi connectivity index (χ3v) is 3.50. The Morgan fingerprint density at radius 2 is 2.00 bits per heavy atom. The maximum Gasteiger partial charge on any atom is 0.273 e. The van der Waals surface area contributed by atoms with Crippen LogP contribution in [0.1, 0.15) is 19.5 Å². The standard InChI is InChI=1S/C12H17N5O2S/c1-8(2)7-17-11(10-5-4-9(3)14-6-10)15-16-12(17)20(13,18)19/h4-6,8H,7H2,1-3H3,(H2,13,18,19). The number of pyridine rings is 1. The lowest BCUT2D eigenvalue weighted by Crippen LogP contribution is -2.20. The summed E-state index contributed by atoms with van der Waals surface area (Å²) in [6, 6.07) is 3.66. The first-order chi connectivity index (χ1) is 9.29. The number of nitrogens with zero attached hydrogens (tertiary/aromatic N) is 4. The highest BCUT2D eigenvalue weighted by molar-refractivity contribution is 7.89. The van der Waals surface area contributed by atoms with E-state index in [-0.39, 0.29) is 11.1 Å². The summed E-state index contributed by atoms with van der Waals surface area (Å²) in [7, 11) is -3.91. The molecule has 0 amide bonds. The number of aromatic nitrogens is 4. The molecule has 0 unspecified atom stereocenters. The Hall–Kier alpha value is -1.80. The zero-order valence-corrected chi connectivity index (χ0v) is 12.4. The maximum absolute atomic E-state index is 11.6. The topological polar surface area (TPSA) is 104 Å². The lowest BCUT2D eigenvalue weighted by molar-refractivity contribution is 0.486. The van der Waals surface area contributed by atoms with Crippen molar-refractivity contribution >= 4 is 10.0 Å². The molecule has 0 atom stereocenters. The first kappa shape index (κ1) is 14.6. The van der Waals surface area contributed by atoms with Crippen molar-refractivity contribution in [3.05, 3.63) is 24.0 Å². The fraction of sp³-hybridized carbons (Fsp3) is 0.417. The molecule has 0 aliphatic carbocycles. The molecule has 7 nitrogen and oxygen atoms in total. The van der Waals surface area contributed by atoms with Gasteiger partial charge in [-0.3, -0.25) is 9.55 Å². The van der Waals surface area contributed by atoms with Crippen LogP contribution >= 0.6 is 0 Å². The molecule has 0 aromatic carbocycles. The van der Waals surface area contributed by atoms with Gasteiger partial charge in [0.15, 0.2) is 5.82 Å². The zero-order valence-electron chi connectivity index (χ0n) is 11.6. The van der Waals surface area contributed by atoms with E-state index in [4.69, 9.17) is 5.14 Å². The Morgan fingerprint density at radius 1 is 1.30 bits per heavy atom. The van der Waals surface area contributed by atoms with E-state index in [0.717, 1.165) is 5.69 Å². The minimum absolute atomic E-state index is 0.221. The number of hydrogen-bond acceptors (Lipinski definition) is 5. The van der Waals surface area contributed by atoms with Crippen molar-refractivity contribution in [2.24, 2.45) is 11.1 Å². The molecule has 0 radical (unpaired) electrons. The van der Waals surface area contributed by atoms with Crippen LogP contribution in [-0.2, 0) is 16.6 Å². The van der Waals surface area contributed by atoms with Crippen LogP contribution in [0.4, 0.5) is 0 Å². The summed E-state index contributed by atoms with van der Waals surface area (Å²) in [5.41, 5.74) is 1.58. The second-order valence-corrected chi connectivity index (χ2v) is 6.50. The van der Waals surface area contributed by atoms with Crippen molar-refractivity contribution < 1.29 is 8.42 Å². The van der Waals surface area contributed by atoms with Crippen LogP contribution in [0.2, 0.25) is 0 Å². The third-order valence-electron chi connectivity index (χ3n) is 2.69. The molecule has 0 aliphatic heterocycles. The molecular weight excluding hydrogens is 278 g/mol. The van der Waals surface area contributed by atoms with Gasteiger partial charge in [0.1, 0.15) is 0 Å². The number of hydrogen-bond donors (Lipinski definition) is 1. The molecule has 0 aliphatic rings. The van der Waals surface area contributed by atoms with E-state index in [9.17, 15) is 8.42 Å². The molecule has 2 heterocycles. The highest BCUT2D eigenvalue weighted by Crippen LogP contribution is 2.20. The van der Waals surface area contributed by atoms with Crippen molar-refractivity contribution in [3.8, 4) is 11.4 Å². The van der Waals surface area contributed by atoms with Crippen LogP contribution in [0, 0.1) is 12.8 Å². The molecule has 0 spiro atoms. The Morgan fingerprint density at radius 3 is 2.50 bits per heavy atom. The summed E-state index contributed by atoms with van der Waals surface area (Å²) in [5, 5.41) is 12.6. The molecule has 2 aromatic rings. The van der Waals surface area contributed by atoms with Gasteiger partial charge in [-0.2, -0.15) is 0 Å². The SMILES string of the molecule is Cc1ccc(-c2nnc(S(N)(=O)=O)n2CC(C)C)cn1. The van der Waals surface area contributed by atoms with Gasteiger partial charge in [0.25, 0.3) is 15.2 Å². The number of primary sulfonamides is 1. The quantitative estimate of drug-likeness (QED) is 0.904. The van der Waals surface area contributed by atoms with Crippen molar-refractivity contribution in [1.29, 1.82) is 0 Å². The molecule has 108 valence electrons. The minimum Gasteiger partial charge on any atom is -0.296 e. The molecule has 0 saturated carbocycles. The van der Waals surface area contributed by atoms with Gasteiger partial charge in [-0.15, -0.1) is 10.2 Å². The normalized spacial score (nSPS) is 12.1. The lowest BCUT2D eigenvalue weighted by atomic mass is 10.2. The predicted octanol–water partition coefficient (Wildman–Crippen LogP) is 0.952. The molecule has 20 heavy (non-hydrogen) atoms. The largest absolute Gasteiger partial charge is 0.296 e. The maximum atomic E-state index is 11.6. The second-order valence-electron chi connectivity index (χ2n) is 5.04. The Labute approximate surface area is 117 Å². The minimum atomic E-state index is -3.91. The fourth-order valence-electron chi connectivity index (χ4n) is 1.84. The van der Waals surface area contributed by atoms with Crippen LogP contribution < -0.4 is 5.14 Å². The monoisotopic (exact) mass is 295 g/mol. The second kappa shape index (κ2) is 5.29. The third kappa shape index (κ3) is 3.02. The molecule has 2 rings (SSSR count). The van der Waals surface area contributed by atoms with Gasteiger partial charge in [0.05, 0.1) is 0 Å². The van der Waals surface area contributed by atoms with Crippen molar-refractivity contribution in [3.63, 3.8) is 0 Å². The van der Waals surface area contributed by atoms with Gasteiger partial charge in [-0.05, 0) is 25.0 Å². The molecule has 2 N–H and O–H groups in total. The average Bonchev–Trinajstić information content (AvgIpc) is 2.72. The van der Waals surface area contributed by atoms with E-state index in [0.29, 0.717) is 17.9 Å². The van der Waals surface area contributed by atoms with Crippen LogP contribution in [0.3, 0.4) is 0 Å². The van der Waals surface area contributed by atoms with E-state index in [1.807, 2.05) is 32.9 Å². The molecule has 8 heteroatoms. The van der Waals surface area contributed by atoms with E-state index >= 15 is 0 Å². The van der Waals surface area contributed by atoms with Gasteiger partial charge in [-0.1, -0.05) is 13.8 Å². The summed E-state index contributed by atoms with van der Waals surface area (Å²) in [4.78, 5) is 4.19. The number of nitrogens with two attached hydrogens (primary N) is 1. The van der Waals surface area contributed by atoms with Gasteiger partial charge >= 0.3 is 0 Å². The molecule has 0 bridgehead atoms. The highest BCUT2D eigenvalue weighted by Gasteiger charge is 2.22. The molecule has 0 saturated heterocycles. The summed E-state index contributed by atoms with van der Waals surface area (Å²) in [5.74, 6) is 0.680. The first-order valence-corrected chi connectivity index (χ1v) is 7.72. The van der Waals surface area contributed by atoms with Crippen molar-refractivity contribution in [2.75, 3.05) is 0 Å². The summed E-state index contributed by atoms with van der Waals surface area (Å²) >= 11 is 0. The summed E-state index contributed by atoms with van der Waals surface area (Å²) in [6.07, 6.45) is 1.64. The van der Waals surface area contributed by atoms with Crippen LogP contribution in [0.25, 0.3) is 11.4 Å². The summed E-state index contributed by atoms with van der Waals surface area (Å²) in [6.45, 7) is 6.29. The Kier molecular flexibility index (Phi) is 3.87. The van der Waals surface area contributed by atoms with E-state index in [2.05, 4.69) is 15.2 Å². The Balaban J connectivity index is 2.59. The van der Waals surface area contributed by atoms with Crippen LogP contribution in [0.5, 0.6) is 0 Å². The Bertz CT molecular complexity index is 704. The van der Waals surface area contributed by atoms with Gasteiger partial charge in [0.2, 0.25) is 0 Å². The van der Waals surface area contributed by atoms with Gasteiger partial charge in [0, 0.05) is 24.0 Å². The fourth-order valence-corrected chi connectivity index (χ4v) is 2.47. The molecule has 0 fully saturated rings. The summed E-state index contributed by atoms with van der Waals surface area (Å²) < 4.78 is 24.7. The molecular formula is C12H17N5O2S. The highest BCUT2D eigenvalue weighted by atomic mass is 32.2. The zero-order chi connectivity index (χ0) is 14.9. The first-order valence-electron chi connectivity index (χ1n) is 6.18. The lowest BCUT2D eigenvalue weighted by Gasteiger charge is -2.11. The predicted molar refractivity (Wildman–Crippen MR) is 74.2 cm³/mol. The average molecular weight is 295 g/mol. The molecule has 2 aromatic heterocycles. The number of sulfonamides is 1. The van der Waals surface area contributed by atoms with Crippen LogP contribution in [0.15, 0.2) is 23.5 Å². The van der Waals surface area contributed by atoms with E-state index in [1.54, 1.807) is 6.20 Å². The van der Waals surface area contributed by atoms with Crippen molar-refractivity contribution in [2.45, 2.75) is 32.5 Å².